The van der Waals surface area contributed by atoms with Crippen molar-refractivity contribution in [3.8, 4) is 0 Å². The Hall–Kier alpha value is -2.90. The number of likely N-dealkylation sites (tertiary alicyclic amines) is 8. The van der Waals surface area contributed by atoms with Crippen LogP contribution in [-0.2, 0) is 60.5 Å². The summed E-state index contributed by atoms with van der Waals surface area (Å²) in [4.78, 5) is 39.6. The van der Waals surface area contributed by atoms with Crippen LogP contribution in [0.2, 0.25) is 0 Å². The molecule has 12 rings (SSSR count). The number of alkyl halides is 1. The molecule has 25 heteroatoms. The smallest absolute Gasteiger partial charge is 0.222 e. The molecule has 1 amide bonds. The minimum atomic E-state index is -0.677. The predicted octanol–water partition coefficient (Wildman–Crippen LogP) is 24.7. The summed E-state index contributed by atoms with van der Waals surface area (Å²) in [5.41, 5.74) is 0.869. The Morgan fingerprint density at radius 1 is 0.367 bits per heavy atom. The summed E-state index contributed by atoms with van der Waals surface area (Å²) >= 11 is 0. The van der Waals surface area contributed by atoms with Crippen molar-refractivity contribution >= 4 is 5.91 Å². The quantitative estimate of drug-likeness (QED) is 0.0648. The van der Waals surface area contributed by atoms with Crippen LogP contribution < -0.4 is 0 Å². The third kappa shape index (κ3) is 85.0. The second-order valence-electron chi connectivity index (χ2n) is 55.1. The van der Waals surface area contributed by atoms with Gasteiger partial charge in [0, 0.05) is 149 Å². The van der Waals surface area contributed by atoms with Crippen LogP contribution in [0.5, 0.6) is 0 Å². The first-order chi connectivity index (χ1) is 67.7. The number of aromatic nitrogens is 4. The summed E-state index contributed by atoms with van der Waals surface area (Å²) in [6.45, 7) is 119. The van der Waals surface area contributed by atoms with E-state index >= 15 is 0 Å². The standard InChI is InChI=1S/C12H24FN.C12H23NO.C12H25NO.C12H25N.C11H24N2O.C11H21NO2.3C11H23NO.C10H17NO.C8H15N3O.CH4/c1-10(13)8-14-6-5-11(9-14)7-12(2,3)4;1-12(2,3)14-7-6-13-9-10-4-5-11(13)8-10;1-5-11-6-7-13(10-11)8-9-14-12(2,3)4;1-5-7-13-8-6-11(10-13)9-12(2,3)4;1-11(2,3)14-10-9-13-7-5-12(4)6-8-13;1-11(2,3)14-9-8-12-7-5-4-6-10(12)13;1-10-5-6-12(9-10)7-8-13-11(2,3)4;2*1-11(2,3)13-10-9-12-7-5-4-6-8-12;1-10(2,3)12-9-8-11-6-4-5-7-11;1-8(2,3)12-5-4-11-7-9-6-10-11;/h10-11H,5-9H2,1-4H3;10-11H,4-9H2,1-3H3;11H,5-10H2,1-4H3;11H,5-10H2,1-4H3;5-10H2,1-4H3;4-9H2,1-3H3;10H,5-9H2,1-4H3;2*4-10H2,1-3H3;4-7H,8-9H2,1-3H3;6-7H,4-5H2,1-3H3;1H4. The van der Waals surface area contributed by atoms with Crippen molar-refractivity contribution in [2.24, 2.45) is 40.4 Å². The normalized spacial score (nSPS) is 21.9. The van der Waals surface area contributed by atoms with E-state index in [-0.39, 0.29) is 63.7 Å². The van der Waals surface area contributed by atoms with E-state index in [0.29, 0.717) is 30.6 Å². The molecule has 10 aliphatic rings. The minimum Gasteiger partial charge on any atom is -0.375 e. The molecule has 11 heterocycles. The average molecular weight is 2090 g/mol. The number of amides is 1. The number of nitrogens with zero attached hydrogens (tertiary/aromatic N) is 14. The summed E-state index contributed by atoms with van der Waals surface area (Å²) in [5, 5.41) is 3.96. The molecule has 2 aromatic heterocycles. The van der Waals surface area contributed by atoms with Crippen LogP contribution >= 0.6 is 0 Å². The highest BCUT2D eigenvalue weighted by molar-refractivity contribution is 5.76. The Kier molecular flexibility index (Phi) is 71.2. The zero-order valence-electron chi connectivity index (χ0n) is 103. The van der Waals surface area contributed by atoms with Gasteiger partial charge >= 0.3 is 0 Å². The van der Waals surface area contributed by atoms with Crippen molar-refractivity contribution in [2.75, 3.05) is 243 Å². The Bertz CT molecular complexity index is 3280. The fourth-order valence-electron chi connectivity index (χ4n) is 19.6. The van der Waals surface area contributed by atoms with Gasteiger partial charge in [-0.15, -0.1) is 0 Å². The Morgan fingerprint density at radius 2 is 0.721 bits per heavy atom. The summed E-state index contributed by atoms with van der Waals surface area (Å²) in [5.74, 6) is 4.86. The SMILES string of the molecule is C.CC(C)(C)OCCN1CC2CCC1C2.CC(C)(C)OCCN1CCCCC1.CC(C)(C)OCCN1CCCCC1.CC(C)(C)OCCN1CCCCC1=O.CC(C)(C)OCCn1cccc1.CC(C)(C)OCCn1cncn1.CC(F)CN1CCC(CC(C)(C)C)C1.CC1CCN(CCOC(C)(C)C)C1.CCC1CCN(CCOC(C)(C)C)C1.CCCN1CCC(CC(C)(C)C)C1.CN1CCN(CCOC(C)(C)C)CC1. The summed E-state index contributed by atoms with van der Waals surface area (Å²) in [6, 6.07) is 4.94. The number of halogens is 1. The number of carbonyl (C=O) groups excluding carboxylic acids is 1. The molecule has 24 nitrogen and oxygen atoms in total. The molecule has 10 fully saturated rings. The van der Waals surface area contributed by atoms with E-state index < -0.39 is 6.17 Å². The second-order valence-corrected chi connectivity index (χ2v) is 55.1. The van der Waals surface area contributed by atoms with Crippen molar-refractivity contribution in [3.05, 3.63) is 37.2 Å². The molecule has 1 saturated carbocycles. The Balaban J connectivity index is 0.000000808. The maximum Gasteiger partial charge on any atom is 0.222 e. The van der Waals surface area contributed by atoms with E-state index in [4.69, 9.17) is 42.6 Å². The van der Waals surface area contributed by atoms with Crippen LogP contribution in [-0.4, -0.2) is 380 Å². The highest BCUT2D eigenvalue weighted by atomic mass is 19.1. The van der Waals surface area contributed by atoms with Crippen LogP contribution in [0.25, 0.3) is 0 Å². The lowest BCUT2D eigenvalue weighted by Gasteiger charge is -2.33. The van der Waals surface area contributed by atoms with Crippen LogP contribution in [0.4, 0.5) is 4.39 Å². The molecule has 7 atom stereocenters. The fourth-order valence-corrected chi connectivity index (χ4v) is 19.6. The predicted molar refractivity (Wildman–Crippen MR) is 623 cm³/mol. The third-order valence-electron chi connectivity index (χ3n) is 26.9. The first-order valence-corrected chi connectivity index (χ1v) is 58.8. The molecule has 1 aliphatic carbocycles. The van der Waals surface area contributed by atoms with E-state index in [2.05, 4.69) is 274 Å². The van der Waals surface area contributed by atoms with Crippen molar-refractivity contribution in [2.45, 2.75) is 468 Å². The summed E-state index contributed by atoms with van der Waals surface area (Å²) in [7, 11) is 2.18. The number of hydrogen-bond donors (Lipinski definition) is 0. The molecule has 2 bridgehead atoms. The zero-order chi connectivity index (χ0) is 110. The van der Waals surface area contributed by atoms with Gasteiger partial charge in [-0.05, 0) is 415 Å². The number of fused-ring (bicyclic) bond motifs is 2. The number of hydrogen-bond acceptors (Lipinski definition) is 21. The van der Waals surface area contributed by atoms with Crippen LogP contribution in [0, 0.1) is 40.4 Å². The van der Waals surface area contributed by atoms with E-state index in [9.17, 15) is 9.18 Å². The molecule has 9 saturated heterocycles. The van der Waals surface area contributed by atoms with Gasteiger partial charge < -0.3 is 86.4 Å². The molecular weight excluding hydrogens is 1840 g/mol. The largest absolute Gasteiger partial charge is 0.375 e. The highest BCUT2D eigenvalue weighted by Crippen LogP contribution is 2.38. The zero-order valence-corrected chi connectivity index (χ0v) is 103. The maximum absolute atomic E-state index is 12.8. The van der Waals surface area contributed by atoms with Gasteiger partial charge in [-0.25, -0.2) is 9.37 Å². The molecule has 0 aromatic carbocycles. The number of piperazine rings is 1. The highest BCUT2D eigenvalue weighted by Gasteiger charge is 2.38. The van der Waals surface area contributed by atoms with Gasteiger partial charge in [0.2, 0.25) is 5.91 Å². The molecule has 0 N–H and O–H groups in total. The van der Waals surface area contributed by atoms with Crippen molar-refractivity contribution in [1.29, 1.82) is 0 Å². The number of carbonyl (C=O) groups is 1. The van der Waals surface area contributed by atoms with E-state index in [0.717, 1.165) is 180 Å². The molecular formula is C122H247FN14O10. The Labute approximate surface area is 909 Å². The lowest BCUT2D eigenvalue weighted by atomic mass is 9.84. The molecule has 0 spiro atoms. The Morgan fingerprint density at radius 3 is 1.07 bits per heavy atom. The monoisotopic (exact) mass is 2090 g/mol. The first-order valence-electron chi connectivity index (χ1n) is 58.8. The fraction of sp³-hybridized carbons (Fsp3) is 0.943. The maximum atomic E-state index is 12.8. The number of likely N-dealkylation sites (N-methyl/N-ethyl adjacent to an activating group) is 1. The molecule has 7 unspecified atom stereocenters. The van der Waals surface area contributed by atoms with Gasteiger partial charge in [-0.1, -0.05) is 89.0 Å². The lowest BCUT2D eigenvalue weighted by Crippen LogP contribution is -2.45. The van der Waals surface area contributed by atoms with Crippen molar-refractivity contribution in [3.63, 3.8) is 0 Å². The number of ether oxygens (including phenoxy) is 9. The molecule has 9 aliphatic heterocycles. The van der Waals surface area contributed by atoms with Gasteiger partial charge in [0.15, 0.2) is 0 Å². The van der Waals surface area contributed by atoms with Crippen LogP contribution in [0.15, 0.2) is 37.2 Å². The van der Waals surface area contributed by atoms with E-state index in [1.807, 2.05) is 71.0 Å². The lowest BCUT2D eigenvalue weighted by molar-refractivity contribution is -0.135. The summed E-state index contributed by atoms with van der Waals surface area (Å²) < 4.78 is 67.6. The van der Waals surface area contributed by atoms with Crippen molar-refractivity contribution < 1.29 is 51.8 Å². The summed E-state index contributed by atoms with van der Waals surface area (Å²) in [6.07, 6.45) is 32.9. The van der Waals surface area contributed by atoms with Gasteiger partial charge in [0.25, 0.3) is 0 Å². The number of rotatable bonds is 34. The minimum absolute atomic E-state index is 0. The van der Waals surface area contributed by atoms with Gasteiger partial charge in [0.05, 0.1) is 116 Å². The van der Waals surface area contributed by atoms with E-state index in [1.165, 1.54) is 220 Å². The number of piperidine rings is 4. The topological polar surface area (TPSA) is 168 Å². The van der Waals surface area contributed by atoms with Crippen LogP contribution in [0.3, 0.4) is 0 Å². The van der Waals surface area contributed by atoms with Gasteiger partial charge in [-0.3, -0.25) is 19.3 Å². The first kappa shape index (κ1) is 142. The van der Waals surface area contributed by atoms with Crippen LogP contribution in [0.1, 0.15) is 392 Å². The molecule has 2 aromatic rings. The average Bonchev–Trinajstić information content (AvgIpc) is 1.68. The van der Waals surface area contributed by atoms with E-state index in [1.54, 1.807) is 17.9 Å². The van der Waals surface area contributed by atoms with Crippen molar-refractivity contribution in [1.82, 2.24) is 68.3 Å². The van der Waals surface area contributed by atoms with Gasteiger partial charge in [-0.2, -0.15) is 5.10 Å². The second kappa shape index (κ2) is 73.6. The van der Waals surface area contributed by atoms with Gasteiger partial charge in [0.1, 0.15) is 18.8 Å². The molecule has 147 heavy (non-hydrogen) atoms. The third-order valence-corrected chi connectivity index (χ3v) is 26.9. The molecule has 0 radical (unpaired) electrons. The molecule has 872 valence electrons.